The van der Waals surface area contributed by atoms with Crippen molar-refractivity contribution < 1.29 is 9.59 Å². The van der Waals surface area contributed by atoms with Gasteiger partial charge in [0.1, 0.15) is 17.6 Å². The minimum absolute atomic E-state index is 0.0382. The maximum Gasteiger partial charge on any atom is 0.278 e. The lowest BCUT2D eigenvalue weighted by Gasteiger charge is -2.36. The molecule has 1 aliphatic heterocycles. The Bertz CT molecular complexity index is 1430. The number of anilines is 1. The van der Waals surface area contributed by atoms with Crippen molar-refractivity contribution in [1.29, 1.82) is 0 Å². The Morgan fingerprint density at radius 1 is 1.03 bits per heavy atom. The van der Waals surface area contributed by atoms with E-state index >= 15 is 0 Å². The molecule has 5 rings (SSSR count). The highest BCUT2D eigenvalue weighted by molar-refractivity contribution is 6.04. The van der Waals surface area contributed by atoms with Crippen molar-refractivity contribution in [3.63, 3.8) is 0 Å². The number of nitrogens with one attached hydrogen (secondary N) is 1. The first-order chi connectivity index (χ1) is 15.9. The smallest absolute Gasteiger partial charge is 0.278 e. The normalized spacial score (nSPS) is 14.2. The first-order valence-corrected chi connectivity index (χ1v) is 11.0. The van der Waals surface area contributed by atoms with Crippen LogP contribution in [0.25, 0.3) is 21.9 Å². The summed E-state index contributed by atoms with van der Waals surface area (Å²) in [5, 5.41) is 0.910. The molecular formula is C25H25N5O3. The Morgan fingerprint density at radius 3 is 2.45 bits per heavy atom. The summed E-state index contributed by atoms with van der Waals surface area (Å²) in [5.74, 6) is -0.0563. The van der Waals surface area contributed by atoms with Crippen LogP contribution in [0.4, 0.5) is 5.69 Å². The van der Waals surface area contributed by atoms with Gasteiger partial charge in [-0.25, -0.2) is 4.98 Å². The Balaban J connectivity index is 1.28. The van der Waals surface area contributed by atoms with Gasteiger partial charge in [0.25, 0.3) is 5.56 Å². The number of ketones is 1. The van der Waals surface area contributed by atoms with Crippen LogP contribution in [0, 0.1) is 6.92 Å². The first kappa shape index (κ1) is 20.9. The van der Waals surface area contributed by atoms with Crippen LogP contribution in [-0.2, 0) is 11.3 Å². The van der Waals surface area contributed by atoms with Crippen molar-refractivity contribution in [1.82, 2.24) is 19.4 Å². The Morgan fingerprint density at radius 2 is 1.76 bits per heavy atom. The van der Waals surface area contributed by atoms with Gasteiger partial charge in [0, 0.05) is 48.3 Å². The number of aromatic amines is 1. The minimum Gasteiger partial charge on any atom is -0.368 e. The highest BCUT2D eigenvalue weighted by Gasteiger charge is 2.22. The number of aromatic nitrogens is 3. The van der Waals surface area contributed by atoms with Crippen LogP contribution in [0.3, 0.4) is 0 Å². The zero-order chi connectivity index (χ0) is 23.1. The largest absolute Gasteiger partial charge is 0.368 e. The second kappa shape index (κ2) is 8.20. The summed E-state index contributed by atoms with van der Waals surface area (Å²) in [6, 6.07) is 13.5. The average Bonchev–Trinajstić information content (AvgIpc) is 3.19. The number of hydrogen-bond donors (Lipinski definition) is 1. The number of Topliss-reactive ketones (excluding diaryl/α,β-unsaturated/α-hetero) is 1. The molecule has 0 saturated carbocycles. The second-order valence-corrected chi connectivity index (χ2v) is 8.55. The molecule has 0 unspecified atom stereocenters. The lowest BCUT2D eigenvalue weighted by atomic mass is 10.1. The highest BCUT2D eigenvalue weighted by Crippen LogP contribution is 2.22. The van der Waals surface area contributed by atoms with Crippen molar-refractivity contribution in [3.8, 4) is 0 Å². The topological polar surface area (TPSA) is 91.3 Å². The lowest BCUT2D eigenvalue weighted by molar-refractivity contribution is -0.132. The summed E-state index contributed by atoms with van der Waals surface area (Å²) >= 11 is 0. The number of H-pyrrole nitrogens is 1. The molecular weight excluding hydrogens is 418 g/mol. The molecule has 1 saturated heterocycles. The van der Waals surface area contributed by atoms with Crippen LogP contribution >= 0.6 is 0 Å². The molecule has 0 bridgehead atoms. The molecule has 2 aromatic heterocycles. The zero-order valence-corrected chi connectivity index (χ0v) is 18.7. The summed E-state index contributed by atoms with van der Waals surface area (Å²) in [5.41, 5.74) is 4.49. The Hall–Kier alpha value is -3.94. The standard InChI is InChI=1S/C25H25N5O3/c1-16-3-8-21-20(13-16)23-24(27-21)25(33)30(15-26-23)14-22(32)29-11-9-28(10-12-29)19-6-4-18(5-7-19)17(2)31/h3-8,13,15,27H,9-12,14H2,1-2H3. The van der Waals surface area contributed by atoms with Crippen LogP contribution in [0.2, 0.25) is 0 Å². The number of aryl methyl sites for hydroxylation is 1. The molecule has 8 heteroatoms. The molecule has 1 N–H and O–H groups in total. The van der Waals surface area contributed by atoms with E-state index in [1.165, 1.54) is 10.9 Å². The fraction of sp³-hybridized carbons (Fsp3) is 0.280. The first-order valence-electron chi connectivity index (χ1n) is 11.0. The predicted molar refractivity (Wildman–Crippen MR) is 128 cm³/mol. The summed E-state index contributed by atoms with van der Waals surface area (Å²) in [6.07, 6.45) is 1.46. The van der Waals surface area contributed by atoms with E-state index in [-0.39, 0.29) is 23.8 Å². The molecule has 1 fully saturated rings. The zero-order valence-electron chi connectivity index (χ0n) is 18.7. The van der Waals surface area contributed by atoms with Gasteiger partial charge in [0.05, 0.1) is 6.33 Å². The van der Waals surface area contributed by atoms with Gasteiger partial charge >= 0.3 is 0 Å². The van der Waals surface area contributed by atoms with Gasteiger partial charge in [-0.05, 0) is 50.2 Å². The maximum absolute atomic E-state index is 13.0. The van der Waals surface area contributed by atoms with Crippen LogP contribution < -0.4 is 10.5 Å². The number of amides is 1. The van der Waals surface area contributed by atoms with Crippen LogP contribution in [0.15, 0.2) is 53.6 Å². The van der Waals surface area contributed by atoms with E-state index in [9.17, 15) is 14.4 Å². The lowest BCUT2D eigenvalue weighted by Crippen LogP contribution is -2.50. The maximum atomic E-state index is 13.0. The Labute approximate surface area is 190 Å². The highest BCUT2D eigenvalue weighted by atomic mass is 16.2. The van der Waals surface area contributed by atoms with Crippen LogP contribution in [-0.4, -0.2) is 57.3 Å². The van der Waals surface area contributed by atoms with Crippen LogP contribution in [0.1, 0.15) is 22.8 Å². The van der Waals surface area contributed by atoms with Gasteiger partial charge in [-0.15, -0.1) is 0 Å². The number of piperazine rings is 1. The summed E-state index contributed by atoms with van der Waals surface area (Å²) in [6.45, 7) is 6.05. The van der Waals surface area contributed by atoms with Gasteiger partial charge in [-0.2, -0.15) is 0 Å². The van der Waals surface area contributed by atoms with E-state index in [4.69, 9.17) is 0 Å². The monoisotopic (exact) mass is 443 g/mol. The van der Waals surface area contributed by atoms with E-state index in [1.54, 1.807) is 11.8 Å². The molecule has 8 nitrogen and oxygen atoms in total. The fourth-order valence-electron chi connectivity index (χ4n) is 4.38. The van der Waals surface area contributed by atoms with Gasteiger partial charge in [-0.1, -0.05) is 11.6 Å². The van der Waals surface area contributed by atoms with E-state index in [0.29, 0.717) is 42.8 Å². The van der Waals surface area contributed by atoms with Crippen molar-refractivity contribution in [3.05, 3.63) is 70.3 Å². The number of hydrogen-bond acceptors (Lipinski definition) is 5. The van der Waals surface area contributed by atoms with Crippen molar-refractivity contribution >= 4 is 39.3 Å². The number of benzene rings is 2. The molecule has 2 aromatic carbocycles. The number of nitrogens with zero attached hydrogens (tertiary/aromatic N) is 4. The predicted octanol–water partition coefficient (Wildman–Crippen LogP) is 2.74. The third-order valence-corrected chi connectivity index (χ3v) is 6.30. The molecule has 0 atom stereocenters. The summed E-state index contributed by atoms with van der Waals surface area (Å²) in [4.78, 5) is 49.0. The quantitative estimate of drug-likeness (QED) is 0.490. The number of carbonyl (C=O) groups is 2. The Kier molecular flexibility index (Phi) is 5.20. The molecule has 3 heterocycles. The van der Waals surface area contributed by atoms with Gasteiger partial charge in [0.15, 0.2) is 5.78 Å². The van der Waals surface area contributed by atoms with Crippen molar-refractivity contribution in [2.24, 2.45) is 0 Å². The molecule has 0 radical (unpaired) electrons. The average molecular weight is 444 g/mol. The molecule has 1 aliphatic rings. The molecule has 0 spiro atoms. The van der Waals surface area contributed by atoms with Crippen molar-refractivity contribution in [2.45, 2.75) is 20.4 Å². The van der Waals surface area contributed by atoms with E-state index in [0.717, 1.165) is 22.2 Å². The number of carbonyl (C=O) groups excluding carboxylic acids is 2. The summed E-state index contributed by atoms with van der Waals surface area (Å²) < 4.78 is 1.37. The summed E-state index contributed by atoms with van der Waals surface area (Å²) in [7, 11) is 0. The molecule has 4 aromatic rings. The number of rotatable bonds is 4. The minimum atomic E-state index is -0.244. The molecule has 1 amide bonds. The molecule has 0 aliphatic carbocycles. The van der Waals surface area contributed by atoms with E-state index in [2.05, 4.69) is 14.9 Å². The number of fused-ring (bicyclic) bond motifs is 3. The fourth-order valence-corrected chi connectivity index (χ4v) is 4.38. The van der Waals surface area contributed by atoms with Crippen molar-refractivity contribution in [2.75, 3.05) is 31.1 Å². The molecule has 33 heavy (non-hydrogen) atoms. The van der Waals surface area contributed by atoms with E-state index < -0.39 is 0 Å². The second-order valence-electron chi connectivity index (χ2n) is 8.55. The van der Waals surface area contributed by atoms with E-state index in [1.807, 2.05) is 49.4 Å². The third kappa shape index (κ3) is 3.88. The third-order valence-electron chi connectivity index (χ3n) is 6.30. The van der Waals surface area contributed by atoms with Gasteiger partial charge in [-0.3, -0.25) is 19.0 Å². The van der Waals surface area contributed by atoms with Gasteiger partial charge in [0.2, 0.25) is 5.91 Å². The molecule has 168 valence electrons. The van der Waals surface area contributed by atoms with Crippen LogP contribution in [0.5, 0.6) is 0 Å². The van der Waals surface area contributed by atoms with Gasteiger partial charge < -0.3 is 14.8 Å². The SMILES string of the molecule is CC(=O)c1ccc(N2CCN(C(=O)Cn3cnc4c([nH]c5ccc(C)cc54)c3=O)CC2)cc1.